The monoisotopic (exact) mass is 184 g/mol. The molecule has 0 amide bonds. The third kappa shape index (κ3) is 9.07. The van der Waals surface area contributed by atoms with Gasteiger partial charge in [0.15, 0.2) is 0 Å². The first-order valence-electron chi connectivity index (χ1n) is 3.18. The van der Waals surface area contributed by atoms with E-state index in [0.29, 0.717) is 7.93 Å². The molecule has 0 nitrogen and oxygen atoms in total. The van der Waals surface area contributed by atoms with Crippen LogP contribution in [0, 0.1) is 5.92 Å². The lowest BCUT2D eigenvalue weighted by Crippen LogP contribution is -1.92. The summed E-state index contributed by atoms with van der Waals surface area (Å²) >= 11 is 7.54. The topological polar surface area (TPSA) is 0 Å². The third-order valence-corrected chi connectivity index (χ3v) is 3.56. The van der Waals surface area contributed by atoms with Crippen molar-refractivity contribution < 1.29 is 0 Å². The molecule has 0 aliphatic carbocycles. The smallest absolute Gasteiger partial charge is 0.00194 e. The summed E-state index contributed by atoms with van der Waals surface area (Å²) in [4.78, 5) is 0. The molecule has 0 spiro atoms. The van der Waals surface area contributed by atoms with Crippen LogP contribution in [0.25, 0.3) is 0 Å². The maximum Gasteiger partial charge on any atom is -0.00194 e. The maximum atomic E-state index is 5.53. The Morgan fingerprint density at radius 3 is 2.67 bits per heavy atom. The highest BCUT2D eigenvalue weighted by Crippen LogP contribution is 2.18. The van der Waals surface area contributed by atoms with Crippen molar-refractivity contribution in [3.05, 3.63) is 0 Å². The molecule has 0 aliphatic heterocycles. The minimum absolute atomic E-state index is 0.613. The van der Waals surface area contributed by atoms with E-state index in [1.165, 1.54) is 17.7 Å². The molecule has 0 radical (unpaired) electrons. The number of halogens is 1. The Balaban J connectivity index is 2.75. The Morgan fingerprint density at radius 2 is 2.22 bits per heavy atom. The lowest BCUT2D eigenvalue weighted by molar-refractivity contribution is 0.750. The van der Waals surface area contributed by atoms with E-state index in [0.717, 1.165) is 5.92 Å². The van der Waals surface area contributed by atoms with Gasteiger partial charge in [0.05, 0.1) is 0 Å². The van der Waals surface area contributed by atoms with Crippen molar-refractivity contribution in [2.75, 3.05) is 17.7 Å². The predicted molar refractivity (Wildman–Crippen MR) is 51.2 cm³/mol. The van der Waals surface area contributed by atoms with Crippen LogP contribution < -0.4 is 0 Å². The molecular weight excluding hydrogens is 171 g/mol. The Hall–Kier alpha value is 1.07. The van der Waals surface area contributed by atoms with Crippen molar-refractivity contribution in [3.8, 4) is 0 Å². The number of rotatable bonds is 5. The van der Waals surface area contributed by atoms with Gasteiger partial charge in [0.1, 0.15) is 0 Å². The molecule has 0 aliphatic rings. The van der Waals surface area contributed by atoms with Gasteiger partial charge in [-0.25, -0.2) is 0 Å². The summed E-state index contributed by atoms with van der Waals surface area (Å²) in [6.07, 6.45) is 1.18. The average Bonchev–Trinajstić information content (AvgIpc) is 1.80. The molecule has 0 fully saturated rings. The molecule has 9 heavy (non-hydrogen) atoms. The first-order valence-corrected chi connectivity index (χ1v) is 6.56. The van der Waals surface area contributed by atoms with Gasteiger partial charge in [-0.1, -0.05) is 13.8 Å². The minimum atomic E-state index is 0.613. The highest BCUT2D eigenvalue weighted by molar-refractivity contribution is 7.99. The van der Waals surface area contributed by atoms with E-state index < -0.39 is 0 Å². The fraction of sp³-hybridized carbons (Fsp3) is 1.00. The molecule has 1 unspecified atom stereocenters. The summed E-state index contributed by atoms with van der Waals surface area (Å²) in [6.45, 7) is 4.49. The molecule has 0 aromatic heterocycles. The quantitative estimate of drug-likeness (QED) is 0.467. The fourth-order valence-electron chi connectivity index (χ4n) is 0.430. The van der Waals surface area contributed by atoms with Crippen molar-refractivity contribution in [1.29, 1.82) is 0 Å². The van der Waals surface area contributed by atoms with E-state index in [1.54, 1.807) is 0 Å². The molecule has 0 N–H and O–H groups in total. The lowest BCUT2D eigenvalue weighted by atomic mass is 10.3. The molecule has 3 heteroatoms. The summed E-state index contributed by atoms with van der Waals surface area (Å²) in [5.74, 6) is 3.34. The van der Waals surface area contributed by atoms with Crippen LogP contribution in [0.4, 0.5) is 0 Å². The number of hydrogen-bond acceptors (Lipinski definition) is 1. The highest BCUT2D eigenvalue weighted by Gasteiger charge is 1.92. The second-order valence-electron chi connectivity index (χ2n) is 2.35. The molecule has 0 aromatic rings. The molecule has 0 rings (SSSR count). The van der Waals surface area contributed by atoms with Crippen LogP contribution >= 0.6 is 30.9 Å². The van der Waals surface area contributed by atoms with Gasteiger partial charge in [-0.05, 0) is 31.5 Å². The predicted octanol–water partition coefficient (Wildman–Crippen LogP) is 3.21. The van der Waals surface area contributed by atoms with Crippen molar-refractivity contribution in [2.45, 2.75) is 13.8 Å². The Kier molecular flexibility index (Phi) is 8.03. The summed E-state index contributed by atoms with van der Waals surface area (Å²) in [7, 11) is 0.613. The average molecular weight is 185 g/mol. The van der Waals surface area contributed by atoms with Gasteiger partial charge in [-0.2, -0.15) is 11.8 Å². The van der Waals surface area contributed by atoms with Gasteiger partial charge < -0.3 is 0 Å². The fourth-order valence-corrected chi connectivity index (χ4v) is 2.65. The van der Waals surface area contributed by atoms with Crippen LogP contribution in [0.5, 0.6) is 0 Å². The van der Waals surface area contributed by atoms with Crippen molar-refractivity contribution in [3.63, 3.8) is 0 Å². The second kappa shape index (κ2) is 7.18. The van der Waals surface area contributed by atoms with E-state index in [1.807, 2.05) is 11.8 Å². The third-order valence-electron chi connectivity index (χ3n) is 0.792. The molecule has 0 saturated carbocycles. The number of hydrogen-bond donors (Lipinski definition) is 0. The zero-order chi connectivity index (χ0) is 7.11. The zero-order valence-corrected chi connectivity index (χ0v) is 8.56. The van der Waals surface area contributed by atoms with Gasteiger partial charge in [0.25, 0.3) is 0 Å². The molecule has 0 aromatic carbocycles. The maximum absolute atomic E-state index is 5.53. The normalized spacial score (nSPS) is 12.0. The van der Waals surface area contributed by atoms with Gasteiger partial charge in [0.2, 0.25) is 0 Å². The molecule has 56 valence electrons. The van der Waals surface area contributed by atoms with Crippen molar-refractivity contribution >= 4 is 30.9 Å². The van der Waals surface area contributed by atoms with Crippen LogP contribution in [0.15, 0.2) is 0 Å². The van der Waals surface area contributed by atoms with Crippen LogP contribution in [0.2, 0.25) is 0 Å². The summed E-state index contributed by atoms with van der Waals surface area (Å²) in [6, 6.07) is 0. The molecule has 0 heterocycles. The van der Waals surface area contributed by atoms with Crippen LogP contribution in [0.1, 0.15) is 13.8 Å². The van der Waals surface area contributed by atoms with Gasteiger partial charge in [-0.15, -0.1) is 11.2 Å². The van der Waals surface area contributed by atoms with Gasteiger partial charge in [0, 0.05) is 0 Å². The largest absolute Gasteiger partial charge is 0.161 e. The van der Waals surface area contributed by atoms with E-state index in [-0.39, 0.29) is 0 Å². The summed E-state index contributed by atoms with van der Waals surface area (Å²) in [5.41, 5.74) is 0. The molecular formula is C6H14ClPS. The molecule has 0 bridgehead atoms. The van der Waals surface area contributed by atoms with E-state index in [4.69, 9.17) is 11.2 Å². The molecule has 0 saturated heterocycles. The van der Waals surface area contributed by atoms with Crippen LogP contribution in [-0.2, 0) is 0 Å². The first-order chi connectivity index (χ1) is 4.27. The van der Waals surface area contributed by atoms with Crippen LogP contribution in [0.3, 0.4) is 0 Å². The minimum Gasteiger partial charge on any atom is -0.161 e. The second-order valence-corrected chi connectivity index (χ2v) is 5.07. The molecule has 1 atom stereocenters. The number of thioether (sulfide) groups is 1. The first kappa shape index (κ1) is 10.1. The Labute approximate surface area is 68.7 Å². The summed E-state index contributed by atoms with van der Waals surface area (Å²) < 4.78 is 0. The zero-order valence-electron chi connectivity index (χ0n) is 5.98. The standard InChI is InChI=1S/C6H14ClPS/c1-6(2)5-9-4-3-8-7/h6,8H,3-5H2,1-2H3. The van der Waals surface area contributed by atoms with Crippen molar-refractivity contribution in [2.24, 2.45) is 5.92 Å². The van der Waals surface area contributed by atoms with E-state index >= 15 is 0 Å². The van der Waals surface area contributed by atoms with Gasteiger partial charge >= 0.3 is 0 Å². The van der Waals surface area contributed by atoms with Crippen LogP contribution in [-0.4, -0.2) is 17.7 Å². The van der Waals surface area contributed by atoms with Gasteiger partial charge in [-0.3, -0.25) is 0 Å². The SMILES string of the molecule is CC(C)CSCCPCl. The highest BCUT2D eigenvalue weighted by atomic mass is 35.7. The lowest BCUT2D eigenvalue weighted by Gasteiger charge is -2.01. The Bertz CT molecular complexity index is 59.0. The van der Waals surface area contributed by atoms with Crippen molar-refractivity contribution in [1.82, 2.24) is 0 Å². The van der Waals surface area contributed by atoms with E-state index in [9.17, 15) is 0 Å². The Morgan fingerprint density at radius 1 is 1.56 bits per heavy atom. The summed E-state index contributed by atoms with van der Waals surface area (Å²) in [5, 5.41) is 0. The van der Waals surface area contributed by atoms with E-state index in [2.05, 4.69) is 13.8 Å².